The average Bonchev–Trinajstić information content (AvgIpc) is 2.64. The van der Waals surface area contributed by atoms with Gasteiger partial charge in [0.25, 0.3) is 10.1 Å². The average molecular weight is 403 g/mol. The van der Waals surface area contributed by atoms with E-state index >= 15 is 0 Å². The van der Waals surface area contributed by atoms with Crippen LogP contribution < -0.4 is 5.32 Å². The predicted octanol–water partition coefficient (Wildman–Crippen LogP) is 1.38. The van der Waals surface area contributed by atoms with E-state index in [4.69, 9.17) is 9.47 Å². The molecule has 0 saturated heterocycles. The number of nitrogens with one attached hydrogen (secondary N) is 1. The summed E-state index contributed by atoms with van der Waals surface area (Å²) in [5.41, 5.74) is 0.0247. The largest absolute Gasteiger partial charge is 0.463 e. The van der Waals surface area contributed by atoms with Crippen molar-refractivity contribution in [3.63, 3.8) is 0 Å². The maximum atomic E-state index is 12.3. The van der Waals surface area contributed by atoms with E-state index in [2.05, 4.69) is 9.50 Å². The summed E-state index contributed by atoms with van der Waals surface area (Å²) in [6.07, 6.45) is -1.08. The summed E-state index contributed by atoms with van der Waals surface area (Å²) in [6.45, 7) is 2.48. The van der Waals surface area contributed by atoms with Crippen molar-refractivity contribution in [2.24, 2.45) is 5.92 Å². The van der Waals surface area contributed by atoms with Crippen LogP contribution in [-0.2, 0) is 38.2 Å². The van der Waals surface area contributed by atoms with Crippen LogP contribution in [0.5, 0.6) is 0 Å². The van der Waals surface area contributed by atoms with Crippen LogP contribution in [0.1, 0.15) is 21.7 Å². The molecule has 2 unspecified atom stereocenters. The minimum Gasteiger partial charge on any atom is -0.463 e. The lowest BCUT2D eigenvalue weighted by Gasteiger charge is -2.16. The molecular weight excluding hydrogens is 378 g/mol. The molecule has 0 aliphatic carbocycles. The number of methoxy groups -OCH3 is 1. The Bertz CT molecular complexity index is 796. The van der Waals surface area contributed by atoms with Crippen molar-refractivity contribution in [3.05, 3.63) is 24.3 Å². The molecule has 152 valence electrons. The second kappa shape index (κ2) is 10.1. The fraction of sp³-hybridized carbons (Fsp3) is 0.471. The third-order valence-electron chi connectivity index (χ3n) is 3.77. The van der Waals surface area contributed by atoms with Crippen LogP contribution in [0.4, 0.5) is 5.69 Å². The Kier molecular flexibility index (Phi) is 8.54. The number of hydrogen-bond donors (Lipinski definition) is 1. The van der Waals surface area contributed by atoms with Gasteiger partial charge in [0.05, 0.1) is 18.7 Å². The second-order valence-electron chi connectivity index (χ2n) is 5.68. The molecule has 1 amide bonds. The molecule has 10 heteroatoms. The first-order valence-corrected chi connectivity index (χ1v) is 9.42. The summed E-state index contributed by atoms with van der Waals surface area (Å²) in [6, 6.07) is 5.70. The van der Waals surface area contributed by atoms with Gasteiger partial charge >= 0.3 is 5.97 Å². The Hall–Kier alpha value is -2.30. The molecule has 1 aromatic rings. The monoisotopic (exact) mass is 403 g/mol. The fourth-order valence-electron chi connectivity index (χ4n) is 2.02. The van der Waals surface area contributed by atoms with Gasteiger partial charge in [0.2, 0.25) is 5.91 Å². The van der Waals surface area contributed by atoms with Crippen LogP contribution in [-0.4, -0.2) is 53.0 Å². The van der Waals surface area contributed by atoms with Gasteiger partial charge in [-0.25, -0.2) is 4.79 Å². The fourth-order valence-corrected chi connectivity index (χ4v) is 2.83. The zero-order valence-electron chi connectivity index (χ0n) is 15.6. The molecule has 9 nitrogen and oxygen atoms in total. The molecule has 1 rings (SSSR count). The van der Waals surface area contributed by atoms with Gasteiger partial charge in [-0.1, -0.05) is 12.1 Å². The first-order valence-electron chi connectivity index (χ1n) is 8.01. The van der Waals surface area contributed by atoms with Crippen LogP contribution >= 0.6 is 0 Å². The molecule has 0 spiro atoms. The van der Waals surface area contributed by atoms with Crippen molar-refractivity contribution in [2.45, 2.75) is 31.3 Å². The molecular formula is C17H25NO8S. The summed E-state index contributed by atoms with van der Waals surface area (Å²) in [5.74, 6) is -2.48. The first-order chi connectivity index (χ1) is 12.6. The maximum absolute atomic E-state index is 12.3. The maximum Gasteiger partial charge on any atom is 0.334 e. The van der Waals surface area contributed by atoms with Crippen molar-refractivity contribution in [1.29, 1.82) is 0 Å². The van der Waals surface area contributed by atoms with Crippen molar-refractivity contribution >= 4 is 33.5 Å². The van der Waals surface area contributed by atoms with Crippen molar-refractivity contribution in [1.82, 2.24) is 0 Å². The van der Waals surface area contributed by atoms with Crippen LogP contribution in [0.25, 0.3) is 0 Å². The minimum absolute atomic E-state index is 0. The lowest BCUT2D eigenvalue weighted by Crippen LogP contribution is -2.29. The summed E-state index contributed by atoms with van der Waals surface area (Å²) < 4.78 is 38.1. The number of hydrogen-bond acceptors (Lipinski definition) is 8. The molecule has 0 aliphatic rings. The molecule has 1 N–H and O–H groups in total. The highest BCUT2D eigenvalue weighted by molar-refractivity contribution is 7.87. The number of carbonyl (C=O) groups excluding carboxylic acids is 3. The van der Waals surface area contributed by atoms with E-state index in [0.717, 1.165) is 7.11 Å². The number of ketones is 1. The zero-order chi connectivity index (χ0) is 20.6. The second-order valence-corrected chi connectivity index (χ2v) is 7.37. The van der Waals surface area contributed by atoms with Gasteiger partial charge in [0, 0.05) is 15.0 Å². The Labute approximate surface area is 159 Å². The highest BCUT2D eigenvalue weighted by Gasteiger charge is 2.24. The van der Waals surface area contributed by atoms with Gasteiger partial charge in [-0.3, -0.25) is 13.8 Å². The van der Waals surface area contributed by atoms with Crippen LogP contribution in [0.3, 0.4) is 0 Å². The normalized spacial score (nSPS) is 13.5. The number of benzene rings is 1. The van der Waals surface area contributed by atoms with E-state index in [9.17, 15) is 22.8 Å². The standard InChI is InChI=1S/C17H23NO8S.H2/c1-11(19)13(10-26-17(21)12(2)24-3)9-16(20)18-14-7-5-6-8-15(14)27(22,23)25-4;/h5-8,12-13H,9-10H2,1-4H3,(H,18,20);1H. The molecule has 0 aliphatic heterocycles. The Morgan fingerprint density at radius 2 is 1.81 bits per heavy atom. The highest BCUT2D eigenvalue weighted by atomic mass is 32.2. The molecule has 0 bridgehead atoms. The van der Waals surface area contributed by atoms with Crippen LogP contribution in [0.15, 0.2) is 29.2 Å². The molecule has 1 aromatic carbocycles. The molecule has 0 heterocycles. The molecule has 0 fully saturated rings. The SMILES string of the molecule is COC(C)C(=O)OCC(CC(=O)Nc1ccccc1S(=O)(=O)OC)C(C)=O.[HH]. The first kappa shape index (κ1) is 22.7. The van der Waals surface area contributed by atoms with Crippen molar-refractivity contribution in [3.8, 4) is 0 Å². The molecule has 27 heavy (non-hydrogen) atoms. The van der Waals surface area contributed by atoms with Crippen LogP contribution in [0.2, 0.25) is 0 Å². The zero-order valence-corrected chi connectivity index (χ0v) is 16.4. The lowest BCUT2D eigenvalue weighted by molar-refractivity contribution is -0.156. The van der Waals surface area contributed by atoms with E-state index in [-0.39, 0.29) is 30.8 Å². The summed E-state index contributed by atoms with van der Waals surface area (Å²) in [5, 5.41) is 2.44. The van der Waals surface area contributed by atoms with E-state index in [1.165, 1.54) is 39.2 Å². The summed E-state index contributed by atoms with van der Waals surface area (Å²) in [4.78, 5) is 35.4. The predicted molar refractivity (Wildman–Crippen MR) is 97.6 cm³/mol. The van der Waals surface area contributed by atoms with Crippen molar-refractivity contribution < 1.29 is 37.9 Å². The van der Waals surface area contributed by atoms with E-state index in [1.807, 2.05) is 0 Å². The Morgan fingerprint density at radius 3 is 2.37 bits per heavy atom. The van der Waals surface area contributed by atoms with Gasteiger partial charge < -0.3 is 14.8 Å². The number of esters is 1. The van der Waals surface area contributed by atoms with Gasteiger partial charge in [-0.05, 0) is 26.0 Å². The smallest absolute Gasteiger partial charge is 0.334 e. The van der Waals surface area contributed by atoms with Gasteiger partial charge in [-0.2, -0.15) is 8.42 Å². The number of ether oxygens (including phenoxy) is 2. The number of amides is 1. The van der Waals surface area contributed by atoms with Gasteiger partial charge in [0.15, 0.2) is 6.10 Å². The van der Waals surface area contributed by atoms with Crippen molar-refractivity contribution in [2.75, 3.05) is 26.1 Å². The van der Waals surface area contributed by atoms with E-state index < -0.39 is 34.0 Å². The molecule has 2 atom stereocenters. The third-order valence-corrected chi connectivity index (χ3v) is 5.10. The molecule has 0 aromatic heterocycles. The van der Waals surface area contributed by atoms with Crippen LogP contribution in [0, 0.1) is 5.92 Å². The minimum atomic E-state index is -4.02. The number of para-hydroxylation sites is 1. The van der Waals surface area contributed by atoms with E-state index in [1.54, 1.807) is 6.07 Å². The highest BCUT2D eigenvalue weighted by Crippen LogP contribution is 2.23. The quantitative estimate of drug-likeness (QED) is 0.459. The number of carbonyl (C=O) groups is 3. The van der Waals surface area contributed by atoms with Gasteiger partial charge in [0.1, 0.15) is 17.3 Å². The van der Waals surface area contributed by atoms with E-state index in [0.29, 0.717) is 0 Å². The third kappa shape index (κ3) is 6.74. The lowest BCUT2D eigenvalue weighted by atomic mass is 10.0. The summed E-state index contributed by atoms with van der Waals surface area (Å²) in [7, 11) is -1.67. The topological polar surface area (TPSA) is 125 Å². The summed E-state index contributed by atoms with van der Waals surface area (Å²) >= 11 is 0. The number of Topliss-reactive ketones (excluding diaryl/α,β-unsaturated/α-hetero) is 1. The number of rotatable bonds is 10. The molecule has 0 radical (unpaired) electrons. The van der Waals surface area contributed by atoms with Gasteiger partial charge in [-0.15, -0.1) is 0 Å². The molecule has 0 saturated carbocycles. The Balaban J connectivity index is 0.00000729. The Morgan fingerprint density at radius 1 is 1.19 bits per heavy atom. The number of anilines is 1.